The summed E-state index contributed by atoms with van der Waals surface area (Å²) in [4.78, 5) is 30.4. The molecule has 2 heterocycles. The number of ether oxygens (including phenoxy) is 4. The molecule has 0 fully saturated rings. The van der Waals surface area contributed by atoms with E-state index >= 15 is 0 Å². The van der Waals surface area contributed by atoms with E-state index in [1.807, 2.05) is 42.5 Å². The first-order chi connectivity index (χ1) is 18.5. The van der Waals surface area contributed by atoms with E-state index < -0.39 is 5.97 Å². The summed E-state index contributed by atoms with van der Waals surface area (Å²) >= 11 is 0. The number of ketones is 1. The minimum absolute atomic E-state index is 0.0194. The van der Waals surface area contributed by atoms with Crippen molar-refractivity contribution >= 4 is 34.3 Å². The molecule has 4 aromatic rings. The van der Waals surface area contributed by atoms with Crippen LogP contribution in [-0.2, 0) is 17.8 Å². The highest BCUT2D eigenvalue weighted by atomic mass is 16.7. The summed E-state index contributed by atoms with van der Waals surface area (Å²) in [7, 11) is 1.55. The van der Waals surface area contributed by atoms with Crippen molar-refractivity contribution in [3.05, 3.63) is 94.2 Å². The van der Waals surface area contributed by atoms with Gasteiger partial charge < -0.3 is 18.9 Å². The van der Waals surface area contributed by atoms with E-state index in [2.05, 4.69) is 6.08 Å². The number of aromatic nitrogens is 1. The summed E-state index contributed by atoms with van der Waals surface area (Å²) in [5.74, 6) is 1.51. The second kappa shape index (κ2) is 9.67. The fraction of sp³-hybridized carbons (Fsp3) is 0.194. The Bertz CT molecular complexity index is 1640. The van der Waals surface area contributed by atoms with E-state index in [9.17, 15) is 9.59 Å². The molecular formula is C31H25NO6. The Morgan fingerprint density at radius 3 is 2.68 bits per heavy atom. The summed E-state index contributed by atoms with van der Waals surface area (Å²) in [5.41, 5.74) is 6.14. The van der Waals surface area contributed by atoms with Crippen LogP contribution in [0.25, 0.3) is 22.6 Å². The second-order valence-corrected chi connectivity index (χ2v) is 9.27. The Kier molecular flexibility index (Phi) is 6.04. The molecule has 3 aromatic carbocycles. The topological polar surface area (TPSA) is 84.0 Å². The molecule has 0 saturated heterocycles. The maximum atomic E-state index is 13.6. The molecule has 1 aromatic heterocycles. The van der Waals surface area contributed by atoms with Crippen molar-refractivity contribution < 1.29 is 28.5 Å². The van der Waals surface area contributed by atoms with Crippen molar-refractivity contribution in [2.24, 2.45) is 0 Å². The largest absolute Gasteiger partial charge is 0.496 e. The van der Waals surface area contributed by atoms with E-state index in [0.29, 0.717) is 28.9 Å². The van der Waals surface area contributed by atoms with Gasteiger partial charge in [-0.05, 0) is 78.9 Å². The predicted octanol–water partition coefficient (Wildman–Crippen LogP) is 6.02. The quantitative estimate of drug-likeness (QED) is 0.233. The maximum absolute atomic E-state index is 13.6. The van der Waals surface area contributed by atoms with Crippen molar-refractivity contribution in [2.45, 2.75) is 26.4 Å². The Morgan fingerprint density at radius 1 is 1.00 bits per heavy atom. The molecule has 1 aliphatic heterocycles. The summed E-state index contributed by atoms with van der Waals surface area (Å²) in [6.07, 6.45) is 3.52. The Hall–Kier alpha value is -4.65. The number of nitrogens with zero attached hydrogens (tertiary/aromatic N) is 1. The summed E-state index contributed by atoms with van der Waals surface area (Å²) in [5, 5.41) is 0.755. The molecular weight excluding hydrogens is 482 g/mol. The summed E-state index contributed by atoms with van der Waals surface area (Å²) in [6, 6.07) is 18.6. The van der Waals surface area contributed by atoms with Crippen molar-refractivity contribution in [3.63, 3.8) is 0 Å². The van der Waals surface area contributed by atoms with Crippen molar-refractivity contribution in [1.29, 1.82) is 0 Å². The zero-order chi connectivity index (χ0) is 26.2. The van der Waals surface area contributed by atoms with Crippen LogP contribution >= 0.6 is 0 Å². The van der Waals surface area contributed by atoms with Gasteiger partial charge >= 0.3 is 5.97 Å². The number of allylic oxidation sites excluding steroid dienone is 1. The number of Topliss-reactive ketones (excluding diaryl/α,β-unsaturated/α-hetero) is 1. The summed E-state index contributed by atoms with van der Waals surface area (Å²) in [6.45, 7) is 1.70. The van der Waals surface area contributed by atoms with Crippen LogP contribution in [0.3, 0.4) is 0 Å². The van der Waals surface area contributed by atoms with Gasteiger partial charge in [-0.15, -0.1) is 0 Å². The molecule has 0 saturated carbocycles. The molecule has 0 unspecified atom stereocenters. The molecule has 0 atom stereocenters. The molecule has 7 nitrogen and oxygen atoms in total. The number of hydrogen-bond acceptors (Lipinski definition) is 7. The third kappa shape index (κ3) is 4.26. The van der Waals surface area contributed by atoms with Gasteiger partial charge in [0.15, 0.2) is 17.3 Å². The smallest absolute Gasteiger partial charge is 0.339 e. The van der Waals surface area contributed by atoms with Crippen LogP contribution in [0.4, 0.5) is 0 Å². The van der Waals surface area contributed by atoms with Gasteiger partial charge in [-0.1, -0.05) is 24.3 Å². The number of carbonyl (C=O) groups excluding carboxylic acids is 2. The monoisotopic (exact) mass is 507 g/mol. The molecule has 1 aliphatic carbocycles. The van der Waals surface area contributed by atoms with E-state index in [0.717, 1.165) is 51.2 Å². The number of methoxy groups -OCH3 is 1. The molecule has 0 bridgehead atoms. The molecule has 190 valence electrons. The highest BCUT2D eigenvalue weighted by molar-refractivity contribution is 6.07. The van der Waals surface area contributed by atoms with Gasteiger partial charge in [0.25, 0.3) is 0 Å². The molecule has 0 amide bonds. The molecule has 6 rings (SSSR count). The van der Waals surface area contributed by atoms with Crippen molar-refractivity contribution in [2.75, 3.05) is 13.9 Å². The highest BCUT2D eigenvalue weighted by Crippen LogP contribution is 2.39. The van der Waals surface area contributed by atoms with Crippen LogP contribution in [0, 0.1) is 0 Å². The van der Waals surface area contributed by atoms with E-state index in [1.165, 1.54) is 6.92 Å². The Morgan fingerprint density at radius 2 is 1.84 bits per heavy atom. The number of pyridine rings is 1. The van der Waals surface area contributed by atoms with E-state index in [-0.39, 0.29) is 19.2 Å². The zero-order valence-electron chi connectivity index (χ0n) is 21.1. The second-order valence-electron chi connectivity index (χ2n) is 9.27. The van der Waals surface area contributed by atoms with Gasteiger partial charge in [-0.2, -0.15) is 0 Å². The van der Waals surface area contributed by atoms with Crippen LogP contribution in [0.5, 0.6) is 17.2 Å². The first kappa shape index (κ1) is 23.7. The number of hydrogen-bond donors (Lipinski definition) is 0. The van der Waals surface area contributed by atoms with Crippen LogP contribution < -0.4 is 14.2 Å². The predicted molar refractivity (Wildman–Crippen MR) is 143 cm³/mol. The van der Waals surface area contributed by atoms with Crippen LogP contribution in [0.15, 0.2) is 60.7 Å². The van der Waals surface area contributed by atoms with Crippen LogP contribution in [-0.4, -0.2) is 30.6 Å². The number of esters is 1. The number of rotatable bonds is 6. The van der Waals surface area contributed by atoms with Crippen LogP contribution in [0.1, 0.15) is 56.4 Å². The number of fused-ring (bicyclic) bond motifs is 3. The minimum atomic E-state index is -0.431. The van der Waals surface area contributed by atoms with Gasteiger partial charge in [0.1, 0.15) is 12.4 Å². The first-order valence-corrected chi connectivity index (χ1v) is 12.4. The lowest BCUT2D eigenvalue weighted by Crippen LogP contribution is -2.11. The normalized spacial score (nSPS) is 14.5. The third-order valence-corrected chi connectivity index (χ3v) is 6.93. The molecule has 2 aliphatic rings. The Balaban J connectivity index is 1.36. The van der Waals surface area contributed by atoms with Gasteiger partial charge in [0.2, 0.25) is 6.79 Å². The van der Waals surface area contributed by atoms with Gasteiger partial charge in [-0.3, -0.25) is 4.79 Å². The van der Waals surface area contributed by atoms with Gasteiger partial charge in [-0.25, -0.2) is 9.78 Å². The Labute approximate surface area is 219 Å². The van der Waals surface area contributed by atoms with E-state index in [1.54, 1.807) is 25.3 Å². The van der Waals surface area contributed by atoms with Gasteiger partial charge in [0.05, 0.1) is 23.9 Å². The number of para-hydroxylation sites is 1. The number of benzene rings is 3. The average Bonchev–Trinajstić information content (AvgIpc) is 3.56. The zero-order valence-corrected chi connectivity index (χ0v) is 21.1. The van der Waals surface area contributed by atoms with Crippen molar-refractivity contribution in [1.82, 2.24) is 4.98 Å². The van der Waals surface area contributed by atoms with E-state index in [4.69, 9.17) is 23.9 Å². The van der Waals surface area contributed by atoms with Crippen LogP contribution in [0.2, 0.25) is 0 Å². The fourth-order valence-electron chi connectivity index (χ4n) is 5.04. The molecule has 7 heteroatoms. The lowest BCUT2D eigenvalue weighted by molar-refractivity contribution is 0.0471. The third-order valence-electron chi connectivity index (χ3n) is 6.93. The molecule has 0 radical (unpaired) electrons. The SMILES string of the molecule is COc1ccc(C(C)=O)cc1COC(=O)c1c2c(nc3ccccc13)C(=Cc1ccc3c(c1)OCO3)CC2. The lowest BCUT2D eigenvalue weighted by Gasteiger charge is -2.14. The van der Waals surface area contributed by atoms with Crippen molar-refractivity contribution in [3.8, 4) is 17.2 Å². The fourth-order valence-corrected chi connectivity index (χ4v) is 5.04. The molecule has 0 N–H and O–H groups in total. The average molecular weight is 508 g/mol. The van der Waals surface area contributed by atoms with Gasteiger partial charge in [0, 0.05) is 16.5 Å². The molecule has 0 spiro atoms. The highest BCUT2D eigenvalue weighted by Gasteiger charge is 2.28. The standard InChI is InChI=1S/C31H25NO6/c1-18(33)20-9-12-26(35-2)22(15-20)16-36-31(34)29-23-5-3-4-6-25(23)32-30-21(8-10-24(29)30)13-19-7-11-27-28(14-19)38-17-37-27/h3-7,9,11-15H,8,10,16-17H2,1-2H3. The lowest BCUT2D eigenvalue weighted by atomic mass is 10.0. The maximum Gasteiger partial charge on any atom is 0.339 e. The molecule has 38 heavy (non-hydrogen) atoms. The first-order valence-electron chi connectivity index (χ1n) is 12.4. The summed E-state index contributed by atoms with van der Waals surface area (Å²) < 4.78 is 22.2. The minimum Gasteiger partial charge on any atom is -0.496 e. The number of carbonyl (C=O) groups is 2.